The zero-order valence-corrected chi connectivity index (χ0v) is 9.86. The van der Waals surface area contributed by atoms with Crippen molar-refractivity contribution in [3.05, 3.63) is 12.2 Å². The van der Waals surface area contributed by atoms with Crippen LogP contribution in [-0.2, 0) is 0 Å². The standard InChI is InChI=1S/C13H25NO/c1-2-3-9-13(15)12(14)10-11-7-5-4-6-8-11/h3,9,11-13,15H,2,4-8,10,14H2,1H3/t12-,13-/m0/s1. The van der Waals surface area contributed by atoms with E-state index in [-0.39, 0.29) is 6.04 Å². The summed E-state index contributed by atoms with van der Waals surface area (Å²) in [6, 6.07) is -0.0732. The van der Waals surface area contributed by atoms with Gasteiger partial charge in [-0.05, 0) is 18.8 Å². The van der Waals surface area contributed by atoms with Crippen LogP contribution in [0.15, 0.2) is 12.2 Å². The molecule has 1 saturated carbocycles. The third-order valence-corrected chi connectivity index (χ3v) is 3.34. The molecule has 0 aromatic rings. The summed E-state index contributed by atoms with van der Waals surface area (Å²) in [5.74, 6) is 0.749. The summed E-state index contributed by atoms with van der Waals surface area (Å²) < 4.78 is 0. The molecule has 0 spiro atoms. The molecular weight excluding hydrogens is 186 g/mol. The normalized spacial score (nSPS) is 23.1. The second-order valence-electron chi connectivity index (χ2n) is 4.73. The Hall–Kier alpha value is -0.340. The summed E-state index contributed by atoms with van der Waals surface area (Å²) in [5.41, 5.74) is 5.99. The molecule has 0 unspecified atom stereocenters. The van der Waals surface area contributed by atoms with Crippen LogP contribution in [0.2, 0.25) is 0 Å². The van der Waals surface area contributed by atoms with Crippen LogP contribution in [0.3, 0.4) is 0 Å². The van der Waals surface area contributed by atoms with Crippen molar-refractivity contribution in [3.63, 3.8) is 0 Å². The zero-order valence-electron chi connectivity index (χ0n) is 9.86. The van der Waals surface area contributed by atoms with Crippen LogP contribution in [0.5, 0.6) is 0 Å². The molecule has 88 valence electrons. The Morgan fingerprint density at radius 3 is 2.60 bits per heavy atom. The maximum atomic E-state index is 9.77. The Morgan fingerprint density at radius 2 is 2.00 bits per heavy atom. The Bertz CT molecular complexity index is 185. The highest BCUT2D eigenvalue weighted by Crippen LogP contribution is 2.27. The highest BCUT2D eigenvalue weighted by molar-refractivity contribution is 4.94. The maximum absolute atomic E-state index is 9.77. The molecule has 0 heterocycles. The summed E-state index contributed by atoms with van der Waals surface area (Å²) in [6.07, 6.45) is 12.0. The van der Waals surface area contributed by atoms with Crippen molar-refractivity contribution in [1.29, 1.82) is 0 Å². The molecule has 0 bridgehead atoms. The fourth-order valence-electron chi connectivity index (χ4n) is 2.37. The number of rotatable bonds is 5. The Kier molecular flexibility index (Phi) is 5.96. The van der Waals surface area contributed by atoms with E-state index in [4.69, 9.17) is 5.73 Å². The largest absolute Gasteiger partial charge is 0.387 e. The zero-order chi connectivity index (χ0) is 11.1. The van der Waals surface area contributed by atoms with Crippen LogP contribution >= 0.6 is 0 Å². The van der Waals surface area contributed by atoms with Gasteiger partial charge in [0, 0.05) is 6.04 Å². The topological polar surface area (TPSA) is 46.2 Å². The van der Waals surface area contributed by atoms with E-state index in [2.05, 4.69) is 6.92 Å². The van der Waals surface area contributed by atoms with Crippen LogP contribution < -0.4 is 5.73 Å². The number of hydrogen-bond donors (Lipinski definition) is 2. The molecule has 2 heteroatoms. The van der Waals surface area contributed by atoms with E-state index in [9.17, 15) is 5.11 Å². The van der Waals surface area contributed by atoms with Crippen molar-refractivity contribution in [2.45, 2.75) is 64.0 Å². The molecule has 0 radical (unpaired) electrons. The first kappa shape index (κ1) is 12.7. The number of aliphatic hydroxyl groups is 1. The highest BCUT2D eigenvalue weighted by atomic mass is 16.3. The maximum Gasteiger partial charge on any atom is 0.0871 e. The van der Waals surface area contributed by atoms with Crippen molar-refractivity contribution in [3.8, 4) is 0 Å². The van der Waals surface area contributed by atoms with Crippen molar-refractivity contribution >= 4 is 0 Å². The molecule has 1 aliphatic carbocycles. The summed E-state index contributed by atoms with van der Waals surface area (Å²) in [6.45, 7) is 2.07. The van der Waals surface area contributed by atoms with Gasteiger partial charge in [0.05, 0.1) is 6.10 Å². The quantitative estimate of drug-likeness (QED) is 0.687. The van der Waals surface area contributed by atoms with Gasteiger partial charge in [0.1, 0.15) is 0 Å². The molecule has 1 fully saturated rings. The first-order valence-corrected chi connectivity index (χ1v) is 6.34. The van der Waals surface area contributed by atoms with Crippen LogP contribution in [0.4, 0.5) is 0 Å². The smallest absolute Gasteiger partial charge is 0.0871 e. The van der Waals surface area contributed by atoms with Gasteiger partial charge in [0.2, 0.25) is 0 Å². The minimum absolute atomic E-state index is 0.0732. The Balaban J connectivity index is 2.26. The molecule has 0 aromatic heterocycles. The van der Waals surface area contributed by atoms with Crippen LogP contribution in [0.1, 0.15) is 51.9 Å². The summed E-state index contributed by atoms with van der Waals surface area (Å²) >= 11 is 0. The lowest BCUT2D eigenvalue weighted by atomic mass is 9.84. The van der Waals surface area contributed by atoms with Crippen molar-refractivity contribution in [2.75, 3.05) is 0 Å². The fourth-order valence-corrected chi connectivity index (χ4v) is 2.37. The molecule has 15 heavy (non-hydrogen) atoms. The molecular formula is C13H25NO. The van der Waals surface area contributed by atoms with E-state index in [1.807, 2.05) is 12.2 Å². The van der Waals surface area contributed by atoms with Crippen molar-refractivity contribution < 1.29 is 5.11 Å². The van der Waals surface area contributed by atoms with Gasteiger partial charge < -0.3 is 10.8 Å². The number of hydrogen-bond acceptors (Lipinski definition) is 2. The summed E-state index contributed by atoms with van der Waals surface area (Å²) in [5, 5.41) is 9.77. The second-order valence-corrected chi connectivity index (χ2v) is 4.73. The predicted octanol–water partition coefficient (Wildman–Crippen LogP) is 2.61. The van der Waals surface area contributed by atoms with Gasteiger partial charge in [-0.3, -0.25) is 0 Å². The van der Waals surface area contributed by atoms with Gasteiger partial charge in [0.15, 0.2) is 0 Å². The Morgan fingerprint density at radius 1 is 1.33 bits per heavy atom. The van der Waals surface area contributed by atoms with E-state index in [0.29, 0.717) is 0 Å². The first-order valence-electron chi connectivity index (χ1n) is 6.34. The fraction of sp³-hybridized carbons (Fsp3) is 0.846. The van der Waals surface area contributed by atoms with Gasteiger partial charge in [-0.1, -0.05) is 51.2 Å². The number of allylic oxidation sites excluding steroid dienone is 1. The second kappa shape index (κ2) is 7.02. The molecule has 3 N–H and O–H groups in total. The van der Waals surface area contributed by atoms with E-state index >= 15 is 0 Å². The number of aliphatic hydroxyl groups excluding tert-OH is 1. The molecule has 1 rings (SSSR count). The van der Waals surface area contributed by atoms with Crippen LogP contribution in [-0.4, -0.2) is 17.3 Å². The average Bonchev–Trinajstić information content (AvgIpc) is 2.27. The van der Waals surface area contributed by atoms with E-state index in [0.717, 1.165) is 18.8 Å². The minimum atomic E-state index is -0.452. The summed E-state index contributed by atoms with van der Waals surface area (Å²) in [4.78, 5) is 0. The van der Waals surface area contributed by atoms with Crippen molar-refractivity contribution in [1.82, 2.24) is 0 Å². The molecule has 1 aliphatic rings. The predicted molar refractivity (Wildman–Crippen MR) is 64.6 cm³/mol. The van der Waals surface area contributed by atoms with Crippen LogP contribution in [0, 0.1) is 5.92 Å². The number of nitrogens with two attached hydrogens (primary N) is 1. The summed E-state index contributed by atoms with van der Waals surface area (Å²) in [7, 11) is 0. The SMILES string of the molecule is CCC=C[C@H](O)[C@@H](N)CC1CCCCC1. The van der Waals surface area contributed by atoms with Crippen molar-refractivity contribution in [2.24, 2.45) is 11.7 Å². The lowest BCUT2D eigenvalue weighted by Crippen LogP contribution is -2.35. The third kappa shape index (κ3) is 4.80. The van der Waals surface area contributed by atoms with Gasteiger partial charge in [-0.25, -0.2) is 0 Å². The average molecular weight is 211 g/mol. The van der Waals surface area contributed by atoms with E-state index < -0.39 is 6.10 Å². The molecule has 2 nitrogen and oxygen atoms in total. The van der Waals surface area contributed by atoms with Gasteiger partial charge >= 0.3 is 0 Å². The molecule has 0 saturated heterocycles. The lowest BCUT2D eigenvalue weighted by Gasteiger charge is -2.26. The molecule has 0 aliphatic heterocycles. The van der Waals surface area contributed by atoms with Crippen LogP contribution in [0.25, 0.3) is 0 Å². The lowest BCUT2D eigenvalue weighted by molar-refractivity contribution is 0.167. The van der Waals surface area contributed by atoms with Gasteiger partial charge in [-0.2, -0.15) is 0 Å². The molecule has 0 aromatic carbocycles. The highest BCUT2D eigenvalue weighted by Gasteiger charge is 2.19. The Labute approximate surface area is 93.6 Å². The monoisotopic (exact) mass is 211 g/mol. The third-order valence-electron chi connectivity index (χ3n) is 3.34. The van der Waals surface area contributed by atoms with Gasteiger partial charge in [0.25, 0.3) is 0 Å². The van der Waals surface area contributed by atoms with Gasteiger partial charge in [-0.15, -0.1) is 0 Å². The van der Waals surface area contributed by atoms with E-state index in [1.165, 1.54) is 32.1 Å². The van der Waals surface area contributed by atoms with E-state index in [1.54, 1.807) is 0 Å². The molecule has 0 amide bonds. The molecule has 2 atom stereocenters. The first-order chi connectivity index (χ1) is 7.24. The minimum Gasteiger partial charge on any atom is -0.387 e.